The number of para-hydroxylation sites is 1. The molecule has 2 aromatic carbocycles. The predicted octanol–water partition coefficient (Wildman–Crippen LogP) is 5.13. The number of ether oxygens (including phenoxy) is 3. The number of amides is 1. The first kappa shape index (κ1) is 23.7. The van der Waals surface area contributed by atoms with Crippen molar-refractivity contribution >= 4 is 17.7 Å². The van der Waals surface area contributed by atoms with Gasteiger partial charge in [-0.2, -0.15) is 0 Å². The second kappa shape index (κ2) is 11.6. The van der Waals surface area contributed by atoms with Crippen molar-refractivity contribution in [2.75, 3.05) is 33.7 Å². The maximum absolute atomic E-state index is 12.7. The Balaban J connectivity index is 1.71. The molecule has 0 spiro atoms. The summed E-state index contributed by atoms with van der Waals surface area (Å²) < 4.78 is 16.1. The van der Waals surface area contributed by atoms with E-state index in [-0.39, 0.29) is 5.91 Å². The minimum Gasteiger partial charge on any atom is -0.496 e. The van der Waals surface area contributed by atoms with Crippen molar-refractivity contribution in [3.05, 3.63) is 53.6 Å². The number of hydrogen-bond donors (Lipinski definition) is 1. The van der Waals surface area contributed by atoms with Gasteiger partial charge in [0, 0.05) is 36.0 Å². The Labute approximate surface area is 191 Å². The zero-order chi connectivity index (χ0) is 22.9. The fourth-order valence-corrected chi connectivity index (χ4v) is 4.22. The van der Waals surface area contributed by atoms with Crippen LogP contribution in [0.25, 0.3) is 6.08 Å². The van der Waals surface area contributed by atoms with Gasteiger partial charge in [0.15, 0.2) is 11.5 Å². The highest BCUT2D eigenvalue weighted by Gasteiger charge is 2.19. The number of carbonyl (C=O) groups excluding carboxylic acids is 1. The van der Waals surface area contributed by atoms with E-state index in [1.54, 1.807) is 39.5 Å². The first-order valence-corrected chi connectivity index (χ1v) is 11.1. The highest BCUT2D eigenvalue weighted by Crippen LogP contribution is 2.35. The molecule has 1 saturated carbocycles. The Morgan fingerprint density at radius 3 is 2.34 bits per heavy atom. The van der Waals surface area contributed by atoms with Crippen LogP contribution in [0.1, 0.15) is 43.2 Å². The number of methoxy groups -OCH3 is 3. The van der Waals surface area contributed by atoms with Gasteiger partial charge in [-0.15, -0.1) is 0 Å². The van der Waals surface area contributed by atoms with Gasteiger partial charge in [-0.05, 0) is 43.7 Å². The topological polar surface area (TPSA) is 60.0 Å². The Kier molecular flexibility index (Phi) is 8.56. The highest BCUT2D eigenvalue weighted by molar-refractivity contribution is 6.02. The first-order valence-electron chi connectivity index (χ1n) is 11.1. The van der Waals surface area contributed by atoms with Crippen LogP contribution in [0.4, 0.5) is 5.69 Å². The lowest BCUT2D eigenvalue weighted by molar-refractivity contribution is -0.111. The van der Waals surface area contributed by atoms with Gasteiger partial charge in [0.1, 0.15) is 5.75 Å². The predicted molar refractivity (Wildman–Crippen MR) is 129 cm³/mol. The molecule has 1 N–H and O–H groups in total. The van der Waals surface area contributed by atoms with Crippen LogP contribution in [0, 0.1) is 0 Å². The van der Waals surface area contributed by atoms with Gasteiger partial charge in [0.05, 0.1) is 21.3 Å². The molecule has 6 nitrogen and oxygen atoms in total. The lowest BCUT2D eigenvalue weighted by Crippen LogP contribution is -2.33. The summed E-state index contributed by atoms with van der Waals surface area (Å²) in [4.78, 5) is 15.1. The van der Waals surface area contributed by atoms with E-state index in [0.29, 0.717) is 23.3 Å². The van der Waals surface area contributed by atoms with E-state index in [0.717, 1.165) is 23.4 Å². The van der Waals surface area contributed by atoms with Crippen molar-refractivity contribution in [2.45, 2.75) is 44.7 Å². The smallest absolute Gasteiger partial charge is 0.248 e. The van der Waals surface area contributed by atoms with E-state index in [1.165, 1.54) is 38.2 Å². The molecule has 32 heavy (non-hydrogen) atoms. The number of benzene rings is 2. The largest absolute Gasteiger partial charge is 0.496 e. The van der Waals surface area contributed by atoms with Gasteiger partial charge < -0.3 is 19.5 Å². The van der Waals surface area contributed by atoms with E-state index in [1.807, 2.05) is 18.2 Å². The lowest BCUT2D eigenvalue weighted by Gasteiger charge is -2.31. The molecule has 0 aliphatic heterocycles. The average Bonchev–Trinajstić information content (AvgIpc) is 2.83. The van der Waals surface area contributed by atoms with Crippen LogP contribution in [0.5, 0.6) is 17.2 Å². The SMILES string of the molecule is COc1cc(OC)c(OC)cc1/C=C/C(=O)Nc1ccccc1CN(C)C1CCCCC1. The summed E-state index contributed by atoms with van der Waals surface area (Å²) >= 11 is 0. The summed E-state index contributed by atoms with van der Waals surface area (Å²) in [6, 6.07) is 12.1. The zero-order valence-corrected chi connectivity index (χ0v) is 19.5. The Hall–Kier alpha value is -2.99. The second-order valence-corrected chi connectivity index (χ2v) is 8.14. The van der Waals surface area contributed by atoms with E-state index in [2.05, 4.69) is 23.3 Å². The number of nitrogens with one attached hydrogen (secondary N) is 1. The minimum absolute atomic E-state index is 0.199. The summed E-state index contributed by atoms with van der Waals surface area (Å²) in [6.07, 6.45) is 9.67. The van der Waals surface area contributed by atoms with Crippen LogP contribution >= 0.6 is 0 Å². The third-order valence-corrected chi connectivity index (χ3v) is 6.04. The normalized spacial score (nSPS) is 14.5. The van der Waals surface area contributed by atoms with Crippen LogP contribution in [-0.2, 0) is 11.3 Å². The van der Waals surface area contributed by atoms with Gasteiger partial charge in [0.2, 0.25) is 5.91 Å². The molecule has 1 aliphatic rings. The van der Waals surface area contributed by atoms with E-state index < -0.39 is 0 Å². The van der Waals surface area contributed by atoms with Gasteiger partial charge in [-0.25, -0.2) is 0 Å². The maximum atomic E-state index is 12.7. The Bertz CT molecular complexity index is 935. The van der Waals surface area contributed by atoms with E-state index in [9.17, 15) is 4.79 Å². The maximum Gasteiger partial charge on any atom is 0.248 e. The molecule has 0 atom stereocenters. The van der Waals surface area contributed by atoms with Gasteiger partial charge >= 0.3 is 0 Å². The number of anilines is 1. The minimum atomic E-state index is -0.199. The van der Waals surface area contributed by atoms with Crippen molar-refractivity contribution in [3.63, 3.8) is 0 Å². The molecular formula is C26H34N2O4. The highest BCUT2D eigenvalue weighted by atomic mass is 16.5. The van der Waals surface area contributed by atoms with E-state index >= 15 is 0 Å². The van der Waals surface area contributed by atoms with Crippen molar-refractivity contribution in [1.29, 1.82) is 0 Å². The molecule has 1 fully saturated rings. The zero-order valence-electron chi connectivity index (χ0n) is 19.5. The number of carbonyl (C=O) groups is 1. The van der Waals surface area contributed by atoms with Crippen molar-refractivity contribution in [3.8, 4) is 17.2 Å². The van der Waals surface area contributed by atoms with Crippen LogP contribution in [0.2, 0.25) is 0 Å². The van der Waals surface area contributed by atoms with Crippen LogP contribution in [0.3, 0.4) is 0 Å². The third-order valence-electron chi connectivity index (χ3n) is 6.04. The summed E-state index contributed by atoms with van der Waals surface area (Å²) in [7, 11) is 6.91. The molecule has 0 radical (unpaired) electrons. The first-order chi connectivity index (χ1) is 15.5. The van der Waals surface area contributed by atoms with Crippen LogP contribution in [0.15, 0.2) is 42.5 Å². The summed E-state index contributed by atoms with van der Waals surface area (Å²) in [5, 5.41) is 3.03. The van der Waals surface area contributed by atoms with Gasteiger partial charge in [-0.1, -0.05) is 37.5 Å². The van der Waals surface area contributed by atoms with E-state index in [4.69, 9.17) is 14.2 Å². The quantitative estimate of drug-likeness (QED) is 0.550. The second-order valence-electron chi connectivity index (χ2n) is 8.14. The molecule has 6 heteroatoms. The van der Waals surface area contributed by atoms with Gasteiger partial charge in [0.25, 0.3) is 0 Å². The van der Waals surface area contributed by atoms with Crippen LogP contribution in [-0.4, -0.2) is 45.2 Å². The average molecular weight is 439 g/mol. The molecule has 3 rings (SSSR count). The Morgan fingerprint density at radius 2 is 1.66 bits per heavy atom. The fraction of sp³-hybridized carbons (Fsp3) is 0.423. The molecule has 2 aromatic rings. The Morgan fingerprint density at radius 1 is 1.00 bits per heavy atom. The summed E-state index contributed by atoms with van der Waals surface area (Å²) in [6.45, 7) is 0.814. The molecule has 1 aliphatic carbocycles. The molecule has 0 bridgehead atoms. The monoisotopic (exact) mass is 438 g/mol. The molecule has 0 aromatic heterocycles. The third kappa shape index (κ3) is 6.04. The molecule has 0 heterocycles. The number of hydrogen-bond acceptors (Lipinski definition) is 5. The number of nitrogens with zero attached hydrogens (tertiary/aromatic N) is 1. The number of rotatable bonds is 9. The van der Waals surface area contributed by atoms with Crippen molar-refractivity contribution in [1.82, 2.24) is 4.90 Å². The summed E-state index contributed by atoms with van der Waals surface area (Å²) in [5.41, 5.74) is 2.68. The van der Waals surface area contributed by atoms with Gasteiger partial charge in [-0.3, -0.25) is 9.69 Å². The molecule has 0 unspecified atom stereocenters. The lowest BCUT2D eigenvalue weighted by atomic mass is 9.94. The molecule has 1 amide bonds. The van der Waals surface area contributed by atoms with Crippen molar-refractivity contribution < 1.29 is 19.0 Å². The fourth-order valence-electron chi connectivity index (χ4n) is 4.22. The molecular weight excluding hydrogens is 404 g/mol. The summed E-state index contributed by atoms with van der Waals surface area (Å²) in [5.74, 6) is 1.54. The standard InChI is InChI=1S/C26H34N2O4/c1-28(21-11-6-5-7-12-21)18-20-10-8-9-13-22(20)27-26(29)15-14-19-16-24(31-3)25(32-4)17-23(19)30-2/h8-10,13-17,21H,5-7,11-12,18H2,1-4H3,(H,27,29)/b15-14+. The molecule has 0 saturated heterocycles. The van der Waals surface area contributed by atoms with Crippen molar-refractivity contribution in [2.24, 2.45) is 0 Å². The molecule has 172 valence electrons. The van der Waals surface area contributed by atoms with Crippen LogP contribution < -0.4 is 19.5 Å².